The highest BCUT2D eigenvalue weighted by molar-refractivity contribution is 14.0. The van der Waals surface area contributed by atoms with E-state index >= 15 is 0 Å². The predicted octanol–water partition coefficient (Wildman–Crippen LogP) is 3.48. The third kappa shape index (κ3) is 4.96. The summed E-state index contributed by atoms with van der Waals surface area (Å²) in [6.07, 6.45) is 4.56. The van der Waals surface area contributed by atoms with Crippen LogP contribution in [-0.4, -0.2) is 43.4 Å². The molecule has 4 rings (SSSR count). The first kappa shape index (κ1) is 22.6. The lowest BCUT2D eigenvalue weighted by molar-refractivity contribution is -0.130. The molecular formula is C24H31IN4O. The lowest BCUT2D eigenvalue weighted by atomic mass is 9.64. The van der Waals surface area contributed by atoms with Gasteiger partial charge in [0.1, 0.15) is 0 Å². The van der Waals surface area contributed by atoms with Crippen LogP contribution in [0.25, 0.3) is 0 Å². The Bertz CT molecular complexity index is 880. The zero-order chi connectivity index (χ0) is 20.1. The Labute approximate surface area is 196 Å². The van der Waals surface area contributed by atoms with E-state index in [1.54, 1.807) is 7.05 Å². The van der Waals surface area contributed by atoms with Gasteiger partial charge in [-0.05, 0) is 36.0 Å². The monoisotopic (exact) mass is 518 g/mol. The van der Waals surface area contributed by atoms with Gasteiger partial charge in [0, 0.05) is 32.1 Å². The predicted molar refractivity (Wildman–Crippen MR) is 132 cm³/mol. The van der Waals surface area contributed by atoms with Gasteiger partial charge in [-0.1, -0.05) is 61.0 Å². The van der Waals surface area contributed by atoms with E-state index in [0.29, 0.717) is 12.5 Å². The molecule has 0 atom stereocenters. The van der Waals surface area contributed by atoms with Gasteiger partial charge in [-0.2, -0.15) is 0 Å². The van der Waals surface area contributed by atoms with Crippen LogP contribution in [0, 0.1) is 0 Å². The van der Waals surface area contributed by atoms with E-state index in [9.17, 15) is 4.79 Å². The van der Waals surface area contributed by atoms with E-state index in [4.69, 9.17) is 0 Å². The van der Waals surface area contributed by atoms with Crippen molar-refractivity contribution in [3.05, 3.63) is 71.3 Å². The van der Waals surface area contributed by atoms with Crippen molar-refractivity contribution in [3.8, 4) is 0 Å². The molecule has 0 aromatic heterocycles. The number of amides is 1. The number of aliphatic imine (C=N–C) groups is 1. The summed E-state index contributed by atoms with van der Waals surface area (Å²) in [6, 6.07) is 19.1. The Kier molecular flexibility index (Phi) is 7.75. The smallest absolute Gasteiger partial charge is 0.242 e. The number of nitrogens with one attached hydrogen (secondary N) is 2. The topological polar surface area (TPSA) is 56.7 Å². The summed E-state index contributed by atoms with van der Waals surface area (Å²) in [6.45, 7) is 2.57. The van der Waals surface area contributed by atoms with Gasteiger partial charge in [0.05, 0.1) is 6.54 Å². The molecule has 0 spiro atoms. The molecule has 1 heterocycles. The summed E-state index contributed by atoms with van der Waals surface area (Å²) in [5, 5.41) is 6.66. The lowest BCUT2D eigenvalue weighted by Crippen LogP contribution is -2.51. The molecule has 0 saturated heterocycles. The number of hydrogen-bond donors (Lipinski definition) is 2. The second-order valence-corrected chi connectivity index (χ2v) is 8.11. The van der Waals surface area contributed by atoms with Gasteiger partial charge in [-0.15, -0.1) is 24.0 Å². The molecule has 1 aliphatic carbocycles. The van der Waals surface area contributed by atoms with Gasteiger partial charge in [-0.3, -0.25) is 9.79 Å². The number of halogens is 1. The second-order valence-electron chi connectivity index (χ2n) is 8.11. The molecular weight excluding hydrogens is 487 g/mol. The van der Waals surface area contributed by atoms with Gasteiger partial charge in [0.15, 0.2) is 5.96 Å². The number of rotatable bonds is 5. The molecule has 30 heavy (non-hydrogen) atoms. The maximum atomic E-state index is 12.7. The minimum absolute atomic E-state index is 0. The number of carbonyl (C=O) groups is 1. The number of fused-ring (bicyclic) bond motifs is 1. The van der Waals surface area contributed by atoms with Gasteiger partial charge in [0.25, 0.3) is 0 Å². The summed E-state index contributed by atoms with van der Waals surface area (Å²) in [5.41, 5.74) is 4.18. The van der Waals surface area contributed by atoms with E-state index < -0.39 is 0 Å². The van der Waals surface area contributed by atoms with Crippen molar-refractivity contribution in [1.82, 2.24) is 15.5 Å². The first-order chi connectivity index (χ1) is 14.2. The van der Waals surface area contributed by atoms with Crippen LogP contribution in [0.2, 0.25) is 0 Å². The molecule has 6 heteroatoms. The molecule has 0 unspecified atom stereocenters. The quantitative estimate of drug-likeness (QED) is 0.362. The fraction of sp³-hybridized carbons (Fsp3) is 0.417. The molecule has 1 saturated carbocycles. The number of hydrogen-bond acceptors (Lipinski definition) is 2. The van der Waals surface area contributed by atoms with Gasteiger partial charge >= 0.3 is 0 Å². The molecule has 2 aromatic rings. The van der Waals surface area contributed by atoms with Crippen molar-refractivity contribution in [2.45, 2.75) is 37.6 Å². The van der Waals surface area contributed by atoms with Crippen molar-refractivity contribution in [2.24, 2.45) is 4.99 Å². The molecule has 2 aliphatic rings. The minimum atomic E-state index is 0. The Morgan fingerprint density at radius 2 is 1.73 bits per heavy atom. The maximum absolute atomic E-state index is 12.7. The zero-order valence-corrected chi connectivity index (χ0v) is 19.9. The molecule has 2 aromatic carbocycles. The molecule has 0 radical (unpaired) electrons. The molecule has 2 N–H and O–H groups in total. The first-order valence-electron chi connectivity index (χ1n) is 10.5. The summed E-state index contributed by atoms with van der Waals surface area (Å²) in [5.74, 6) is 0.807. The van der Waals surface area contributed by atoms with E-state index in [1.165, 1.54) is 36.0 Å². The molecule has 0 bridgehead atoms. The molecule has 5 nitrogen and oxygen atoms in total. The zero-order valence-electron chi connectivity index (χ0n) is 17.6. The summed E-state index contributed by atoms with van der Waals surface area (Å²) < 4.78 is 0. The average Bonchev–Trinajstić information content (AvgIpc) is 2.75. The third-order valence-electron chi connectivity index (χ3n) is 6.41. The average molecular weight is 518 g/mol. The van der Waals surface area contributed by atoms with Crippen LogP contribution in [0.15, 0.2) is 59.6 Å². The standard InChI is InChI=1S/C24H30N4O.HI/c1-25-23(27-18-24(13-7-14-24)21-10-3-2-4-11-21)26-16-22(29)28-15-12-19-8-5-6-9-20(19)17-28;/h2-6,8-11H,7,12-18H2,1H3,(H2,25,26,27);1H. The first-order valence-corrected chi connectivity index (χ1v) is 10.5. The Balaban J connectivity index is 0.00000256. The Morgan fingerprint density at radius 3 is 2.40 bits per heavy atom. The number of carbonyl (C=O) groups excluding carboxylic acids is 1. The fourth-order valence-electron chi connectivity index (χ4n) is 4.42. The van der Waals surface area contributed by atoms with Crippen molar-refractivity contribution in [3.63, 3.8) is 0 Å². The van der Waals surface area contributed by atoms with Crippen LogP contribution >= 0.6 is 24.0 Å². The molecule has 1 amide bonds. The number of nitrogens with zero attached hydrogens (tertiary/aromatic N) is 2. The van der Waals surface area contributed by atoms with Crippen LogP contribution in [0.4, 0.5) is 0 Å². The van der Waals surface area contributed by atoms with Crippen molar-refractivity contribution in [2.75, 3.05) is 26.7 Å². The SMILES string of the molecule is CN=C(NCC(=O)N1CCc2ccccc2C1)NCC1(c2ccccc2)CCC1.I. The van der Waals surface area contributed by atoms with Crippen LogP contribution in [0.1, 0.15) is 36.0 Å². The maximum Gasteiger partial charge on any atom is 0.242 e. The van der Waals surface area contributed by atoms with E-state index in [-0.39, 0.29) is 41.8 Å². The summed E-state index contributed by atoms with van der Waals surface area (Å²) in [4.78, 5) is 18.9. The van der Waals surface area contributed by atoms with Crippen LogP contribution in [0.3, 0.4) is 0 Å². The highest BCUT2D eigenvalue weighted by atomic mass is 127. The van der Waals surface area contributed by atoms with Crippen LogP contribution < -0.4 is 10.6 Å². The Hall–Kier alpha value is -2.09. The van der Waals surface area contributed by atoms with E-state index in [1.807, 2.05) is 11.0 Å². The van der Waals surface area contributed by atoms with E-state index in [2.05, 4.69) is 64.2 Å². The van der Waals surface area contributed by atoms with Crippen molar-refractivity contribution < 1.29 is 4.79 Å². The third-order valence-corrected chi connectivity index (χ3v) is 6.41. The highest BCUT2D eigenvalue weighted by Gasteiger charge is 2.38. The minimum Gasteiger partial charge on any atom is -0.356 e. The van der Waals surface area contributed by atoms with E-state index in [0.717, 1.165) is 19.5 Å². The van der Waals surface area contributed by atoms with Gasteiger partial charge < -0.3 is 15.5 Å². The van der Waals surface area contributed by atoms with Gasteiger partial charge in [0.2, 0.25) is 5.91 Å². The van der Waals surface area contributed by atoms with Crippen LogP contribution in [-0.2, 0) is 23.2 Å². The second kappa shape index (κ2) is 10.3. The molecule has 1 fully saturated rings. The molecule has 1 aliphatic heterocycles. The number of guanidine groups is 1. The summed E-state index contributed by atoms with van der Waals surface area (Å²) >= 11 is 0. The van der Waals surface area contributed by atoms with Crippen molar-refractivity contribution >= 4 is 35.8 Å². The normalized spacial score (nSPS) is 17.2. The largest absolute Gasteiger partial charge is 0.356 e. The van der Waals surface area contributed by atoms with Crippen LogP contribution in [0.5, 0.6) is 0 Å². The highest BCUT2D eigenvalue weighted by Crippen LogP contribution is 2.43. The van der Waals surface area contributed by atoms with Crippen molar-refractivity contribution in [1.29, 1.82) is 0 Å². The fourth-order valence-corrected chi connectivity index (χ4v) is 4.42. The Morgan fingerprint density at radius 1 is 1.03 bits per heavy atom. The molecule has 160 valence electrons. The summed E-state index contributed by atoms with van der Waals surface area (Å²) in [7, 11) is 1.76. The number of benzene rings is 2. The van der Waals surface area contributed by atoms with Gasteiger partial charge in [-0.25, -0.2) is 0 Å². The lowest BCUT2D eigenvalue weighted by Gasteiger charge is -2.43.